The quantitative estimate of drug-likeness (QED) is 0.336. The Balaban J connectivity index is 0.00000380. The van der Waals surface area contributed by atoms with Gasteiger partial charge in [0, 0.05) is 11.8 Å². The summed E-state index contributed by atoms with van der Waals surface area (Å²) in [5.74, 6) is -0.304. The predicted molar refractivity (Wildman–Crippen MR) is 135 cm³/mol. The van der Waals surface area contributed by atoms with Crippen molar-refractivity contribution in [3.05, 3.63) is 87.5 Å². The summed E-state index contributed by atoms with van der Waals surface area (Å²) < 4.78 is 6.72. The van der Waals surface area contributed by atoms with Crippen molar-refractivity contribution >= 4 is 23.6 Å². The summed E-state index contributed by atoms with van der Waals surface area (Å²) in [6, 6.07) is 18.6. The maximum Gasteiger partial charge on any atom is 1.00 e. The van der Waals surface area contributed by atoms with Crippen LogP contribution in [0.3, 0.4) is 0 Å². The predicted octanol–water partition coefficient (Wildman–Crippen LogP) is -0.241. The number of rotatable bonds is 7. The van der Waals surface area contributed by atoms with E-state index in [2.05, 4.69) is 37.1 Å². The standard InChI is InChI=1S/C28H26N4O4.K/c1-4-28(2,3)19-10-12-20(13-11-19)36-17-24(34)30-25-23(16-33)27(35)32-15-22(18-8-6-5-7-9-18)21(14-29)26(32)31-25;/h5-13,15-16,33H,4,17H2,1-3H3,(H,30,31,34);/q;+1/p-1/b23-16+;. The first-order valence-corrected chi connectivity index (χ1v) is 11.5. The SMILES string of the molecule is CCC(C)(C)c1ccc(OCC(=O)Nc2nc3c(C#N)c(-c4ccccc4)cn3c(=O)/c2=C/[O-])cc1.[K+]. The first kappa shape index (κ1) is 28.6. The van der Waals surface area contributed by atoms with Gasteiger partial charge in [0.15, 0.2) is 12.3 Å². The maximum absolute atomic E-state index is 13.0. The Morgan fingerprint density at radius 3 is 2.46 bits per heavy atom. The Morgan fingerprint density at radius 2 is 1.86 bits per heavy atom. The Labute approximate surface area is 257 Å². The molecule has 1 N–H and O–H groups in total. The van der Waals surface area contributed by atoms with Gasteiger partial charge < -0.3 is 15.2 Å². The molecule has 0 atom stereocenters. The van der Waals surface area contributed by atoms with Crippen LogP contribution in [-0.4, -0.2) is 21.9 Å². The third-order valence-corrected chi connectivity index (χ3v) is 6.36. The van der Waals surface area contributed by atoms with E-state index < -0.39 is 11.5 Å². The molecule has 4 aromatic rings. The van der Waals surface area contributed by atoms with Crippen LogP contribution >= 0.6 is 0 Å². The Bertz CT molecular complexity index is 1570. The second-order valence-corrected chi connectivity index (χ2v) is 8.98. The summed E-state index contributed by atoms with van der Waals surface area (Å²) in [5, 5.41) is 23.7. The number of benzene rings is 2. The van der Waals surface area contributed by atoms with Gasteiger partial charge in [0.05, 0.1) is 5.22 Å². The number of amides is 1. The number of hydrogen-bond donors (Lipinski definition) is 1. The third kappa shape index (κ3) is 5.95. The molecular weight excluding hydrogens is 495 g/mol. The molecule has 1 amide bonds. The molecule has 0 bridgehead atoms. The number of carbonyl (C=O) groups is 1. The van der Waals surface area contributed by atoms with Gasteiger partial charge in [-0.15, -0.1) is 6.26 Å². The molecule has 0 unspecified atom stereocenters. The number of fused-ring (bicyclic) bond motifs is 1. The Morgan fingerprint density at radius 1 is 1.19 bits per heavy atom. The second kappa shape index (κ2) is 12.0. The van der Waals surface area contributed by atoms with E-state index in [4.69, 9.17) is 4.74 Å². The number of hydrogen-bond acceptors (Lipinski definition) is 6. The molecule has 0 aliphatic rings. The van der Waals surface area contributed by atoms with E-state index in [0.717, 1.165) is 21.9 Å². The van der Waals surface area contributed by atoms with Crippen molar-refractivity contribution in [3.63, 3.8) is 0 Å². The van der Waals surface area contributed by atoms with Gasteiger partial charge in [0.1, 0.15) is 23.2 Å². The van der Waals surface area contributed by atoms with Gasteiger partial charge >= 0.3 is 51.4 Å². The van der Waals surface area contributed by atoms with Crippen LogP contribution in [0.15, 0.2) is 65.6 Å². The third-order valence-electron chi connectivity index (χ3n) is 6.36. The summed E-state index contributed by atoms with van der Waals surface area (Å²) in [4.78, 5) is 29.9. The minimum absolute atomic E-state index is 0. The van der Waals surface area contributed by atoms with Crippen molar-refractivity contribution in [2.75, 3.05) is 11.9 Å². The van der Waals surface area contributed by atoms with E-state index in [-0.39, 0.29) is 85.7 Å². The number of nitriles is 1. The molecular formula is C28H25KN4O4. The minimum Gasteiger partial charge on any atom is -0.877 e. The van der Waals surface area contributed by atoms with Gasteiger partial charge in [-0.3, -0.25) is 14.0 Å². The molecule has 2 heterocycles. The second-order valence-electron chi connectivity index (χ2n) is 8.98. The Kier molecular flexibility index (Phi) is 9.29. The van der Waals surface area contributed by atoms with Crippen LogP contribution in [0.1, 0.15) is 38.3 Å². The van der Waals surface area contributed by atoms with Crippen molar-refractivity contribution < 1.29 is 66.0 Å². The fourth-order valence-electron chi connectivity index (χ4n) is 3.83. The summed E-state index contributed by atoms with van der Waals surface area (Å²) >= 11 is 0. The van der Waals surface area contributed by atoms with Gasteiger partial charge in [-0.2, -0.15) is 5.26 Å². The molecule has 4 rings (SSSR count). The normalized spacial score (nSPS) is 11.6. The average molecular weight is 521 g/mol. The molecule has 0 spiro atoms. The molecule has 2 aromatic carbocycles. The summed E-state index contributed by atoms with van der Waals surface area (Å²) in [6.07, 6.45) is 2.80. The van der Waals surface area contributed by atoms with Crippen molar-refractivity contribution in [2.24, 2.45) is 0 Å². The van der Waals surface area contributed by atoms with Gasteiger partial charge in [-0.25, -0.2) is 4.98 Å². The number of nitrogens with zero attached hydrogens (tertiary/aromatic N) is 3. The molecule has 0 radical (unpaired) electrons. The minimum atomic E-state index is -0.681. The number of aromatic nitrogens is 2. The van der Waals surface area contributed by atoms with E-state index in [1.54, 1.807) is 24.3 Å². The van der Waals surface area contributed by atoms with Gasteiger partial charge in [-0.05, 0) is 35.1 Å². The van der Waals surface area contributed by atoms with Crippen LogP contribution in [0.25, 0.3) is 23.0 Å². The van der Waals surface area contributed by atoms with E-state index >= 15 is 0 Å². The van der Waals surface area contributed by atoms with E-state index in [0.29, 0.717) is 17.6 Å². The average Bonchev–Trinajstić information content (AvgIpc) is 3.27. The van der Waals surface area contributed by atoms with E-state index in [1.165, 1.54) is 6.20 Å². The monoisotopic (exact) mass is 520 g/mol. The van der Waals surface area contributed by atoms with Crippen LogP contribution in [0.2, 0.25) is 0 Å². The van der Waals surface area contributed by atoms with Crippen LogP contribution in [0.4, 0.5) is 5.82 Å². The zero-order chi connectivity index (χ0) is 25.9. The summed E-state index contributed by atoms with van der Waals surface area (Å²) in [6.45, 7) is 6.08. The zero-order valence-corrected chi connectivity index (χ0v) is 24.4. The van der Waals surface area contributed by atoms with Crippen molar-refractivity contribution in [1.82, 2.24) is 9.38 Å². The van der Waals surface area contributed by atoms with Crippen LogP contribution in [0, 0.1) is 11.3 Å². The number of carbonyl (C=O) groups excluding carboxylic acids is 1. The molecule has 2 aromatic heterocycles. The summed E-state index contributed by atoms with van der Waals surface area (Å²) in [7, 11) is 0. The molecule has 0 saturated heterocycles. The van der Waals surface area contributed by atoms with Crippen LogP contribution < -0.4 is 77.3 Å². The topological polar surface area (TPSA) is 120 Å². The molecule has 0 aliphatic carbocycles. The van der Waals surface area contributed by atoms with Gasteiger partial charge in [-0.1, -0.05) is 63.2 Å². The van der Waals surface area contributed by atoms with Gasteiger partial charge in [0.25, 0.3) is 11.5 Å². The fraction of sp³-hybridized carbons (Fsp3) is 0.214. The molecule has 0 saturated carbocycles. The van der Waals surface area contributed by atoms with Crippen molar-refractivity contribution in [1.29, 1.82) is 5.26 Å². The van der Waals surface area contributed by atoms with Crippen LogP contribution in [0.5, 0.6) is 5.75 Å². The Hall–Kier alpha value is -3.00. The summed E-state index contributed by atoms with van der Waals surface area (Å²) in [5.41, 5.74) is 1.95. The van der Waals surface area contributed by atoms with Crippen molar-refractivity contribution in [3.8, 4) is 22.9 Å². The smallest absolute Gasteiger partial charge is 0.877 e. The molecule has 182 valence electrons. The maximum atomic E-state index is 13.0. The molecule has 8 nitrogen and oxygen atoms in total. The van der Waals surface area contributed by atoms with E-state index in [1.807, 2.05) is 30.3 Å². The zero-order valence-electron chi connectivity index (χ0n) is 21.2. The first-order valence-electron chi connectivity index (χ1n) is 11.5. The van der Waals surface area contributed by atoms with E-state index in [9.17, 15) is 20.0 Å². The molecule has 0 fully saturated rings. The van der Waals surface area contributed by atoms with Gasteiger partial charge in [0.2, 0.25) is 0 Å². The number of anilines is 1. The van der Waals surface area contributed by atoms with Crippen molar-refractivity contribution in [2.45, 2.75) is 32.6 Å². The largest absolute Gasteiger partial charge is 1.00 e. The van der Waals surface area contributed by atoms with Crippen LogP contribution in [-0.2, 0) is 10.2 Å². The molecule has 37 heavy (non-hydrogen) atoms. The number of ether oxygens (including phenoxy) is 1. The fourth-order valence-corrected chi connectivity index (χ4v) is 3.83. The molecule has 0 aliphatic heterocycles. The number of nitrogens with one attached hydrogen (secondary N) is 1. The molecule has 9 heteroatoms. The first-order chi connectivity index (χ1) is 17.3.